The van der Waals surface area contributed by atoms with Crippen LogP contribution in [0.2, 0.25) is 0 Å². The summed E-state index contributed by atoms with van der Waals surface area (Å²) in [6, 6.07) is 0.212. The molecule has 3 nitrogen and oxygen atoms in total. The van der Waals surface area contributed by atoms with E-state index >= 15 is 0 Å². The van der Waals surface area contributed by atoms with Crippen LogP contribution in [-0.2, 0) is 0 Å². The Hall–Kier alpha value is -0.120. The minimum atomic E-state index is 0.212. The second-order valence-corrected chi connectivity index (χ2v) is 3.82. The molecule has 0 bridgehead atoms. The molecule has 1 saturated heterocycles. The first kappa shape index (κ1) is 9.96. The largest absolute Gasteiger partial charge is 0.396 e. The predicted octanol–water partition coefficient (Wildman–Crippen LogP) is 0.0379. The highest BCUT2D eigenvalue weighted by molar-refractivity contribution is 4.78. The third kappa shape index (κ3) is 2.73. The van der Waals surface area contributed by atoms with Gasteiger partial charge in [-0.25, -0.2) is 0 Å². The zero-order valence-corrected chi connectivity index (χ0v) is 7.87. The van der Waals surface area contributed by atoms with Gasteiger partial charge in [-0.3, -0.25) is 0 Å². The van der Waals surface area contributed by atoms with Gasteiger partial charge in [-0.1, -0.05) is 0 Å². The second-order valence-electron chi connectivity index (χ2n) is 3.82. The van der Waals surface area contributed by atoms with Gasteiger partial charge in [-0.15, -0.1) is 0 Å². The average molecular weight is 172 g/mol. The molecule has 0 spiro atoms. The first-order chi connectivity index (χ1) is 5.74. The van der Waals surface area contributed by atoms with Gasteiger partial charge in [0.1, 0.15) is 0 Å². The van der Waals surface area contributed by atoms with Crippen molar-refractivity contribution in [3.05, 3.63) is 0 Å². The molecule has 0 saturated carbocycles. The fourth-order valence-electron chi connectivity index (χ4n) is 1.84. The Morgan fingerprint density at radius 2 is 2.08 bits per heavy atom. The molecule has 1 aliphatic heterocycles. The highest BCUT2D eigenvalue weighted by Crippen LogP contribution is 2.19. The van der Waals surface area contributed by atoms with Gasteiger partial charge >= 0.3 is 0 Å². The molecule has 72 valence electrons. The molecule has 0 radical (unpaired) electrons. The summed E-state index contributed by atoms with van der Waals surface area (Å²) in [5.74, 6) is 0.633. The topological polar surface area (TPSA) is 49.5 Å². The SMILES string of the molecule is CN1CCC(C(N)CCO)CC1. The van der Waals surface area contributed by atoms with Crippen LogP contribution in [0.15, 0.2) is 0 Å². The van der Waals surface area contributed by atoms with Crippen molar-refractivity contribution >= 4 is 0 Å². The molecule has 1 unspecified atom stereocenters. The standard InChI is InChI=1S/C9H20N2O/c1-11-5-2-8(3-6-11)9(10)4-7-12/h8-9,12H,2-7,10H2,1H3. The molecular weight excluding hydrogens is 152 g/mol. The summed E-state index contributed by atoms with van der Waals surface area (Å²) < 4.78 is 0. The smallest absolute Gasteiger partial charge is 0.0445 e. The van der Waals surface area contributed by atoms with Gasteiger partial charge in [-0.05, 0) is 45.3 Å². The molecule has 1 aliphatic rings. The summed E-state index contributed by atoms with van der Waals surface area (Å²) in [5.41, 5.74) is 5.93. The normalized spacial score (nSPS) is 24.2. The summed E-state index contributed by atoms with van der Waals surface area (Å²) in [7, 11) is 2.15. The fourth-order valence-corrected chi connectivity index (χ4v) is 1.84. The van der Waals surface area contributed by atoms with Gasteiger partial charge in [0.25, 0.3) is 0 Å². The van der Waals surface area contributed by atoms with E-state index in [4.69, 9.17) is 10.8 Å². The Kier molecular flexibility index (Phi) is 3.98. The molecule has 0 aromatic carbocycles. The zero-order valence-electron chi connectivity index (χ0n) is 7.87. The zero-order chi connectivity index (χ0) is 8.97. The van der Waals surface area contributed by atoms with Crippen LogP contribution in [-0.4, -0.2) is 42.8 Å². The number of hydrogen-bond acceptors (Lipinski definition) is 3. The maximum atomic E-state index is 8.73. The van der Waals surface area contributed by atoms with Crippen molar-refractivity contribution in [1.82, 2.24) is 4.90 Å². The van der Waals surface area contributed by atoms with Gasteiger partial charge in [0, 0.05) is 12.6 Å². The van der Waals surface area contributed by atoms with Crippen molar-refractivity contribution in [3.8, 4) is 0 Å². The van der Waals surface area contributed by atoms with Crippen molar-refractivity contribution in [2.24, 2.45) is 11.7 Å². The monoisotopic (exact) mass is 172 g/mol. The van der Waals surface area contributed by atoms with E-state index in [-0.39, 0.29) is 12.6 Å². The lowest BCUT2D eigenvalue weighted by Crippen LogP contribution is -2.39. The Morgan fingerprint density at radius 1 is 1.50 bits per heavy atom. The van der Waals surface area contributed by atoms with E-state index in [1.165, 1.54) is 12.8 Å². The number of rotatable bonds is 3. The first-order valence-electron chi connectivity index (χ1n) is 4.79. The van der Waals surface area contributed by atoms with Crippen LogP contribution >= 0.6 is 0 Å². The van der Waals surface area contributed by atoms with Gasteiger partial charge < -0.3 is 15.7 Å². The lowest BCUT2D eigenvalue weighted by molar-refractivity contribution is 0.179. The molecular formula is C9H20N2O. The van der Waals surface area contributed by atoms with Crippen molar-refractivity contribution in [3.63, 3.8) is 0 Å². The maximum Gasteiger partial charge on any atom is 0.0445 e. The van der Waals surface area contributed by atoms with E-state index in [0.717, 1.165) is 19.5 Å². The Morgan fingerprint density at radius 3 is 2.58 bits per heavy atom. The quantitative estimate of drug-likeness (QED) is 0.632. The summed E-state index contributed by atoms with van der Waals surface area (Å²) in [4.78, 5) is 2.34. The Bertz CT molecular complexity index is 122. The molecule has 1 atom stereocenters. The van der Waals surface area contributed by atoms with E-state index in [1.807, 2.05) is 0 Å². The van der Waals surface area contributed by atoms with E-state index in [0.29, 0.717) is 5.92 Å². The maximum absolute atomic E-state index is 8.73. The van der Waals surface area contributed by atoms with E-state index in [2.05, 4.69) is 11.9 Å². The number of piperidine rings is 1. The number of aliphatic hydroxyl groups is 1. The van der Waals surface area contributed by atoms with Crippen LogP contribution in [0.25, 0.3) is 0 Å². The van der Waals surface area contributed by atoms with Crippen LogP contribution in [0, 0.1) is 5.92 Å². The van der Waals surface area contributed by atoms with Gasteiger partial charge in [0.15, 0.2) is 0 Å². The Labute approximate surface area is 74.5 Å². The summed E-state index contributed by atoms with van der Waals surface area (Å²) in [6.07, 6.45) is 3.14. The molecule has 0 aliphatic carbocycles. The van der Waals surface area contributed by atoms with Crippen molar-refractivity contribution in [2.75, 3.05) is 26.7 Å². The van der Waals surface area contributed by atoms with Gasteiger partial charge in [-0.2, -0.15) is 0 Å². The molecule has 1 heterocycles. The summed E-state index contributed by atoms with van der Waals surface area (Å²) in [6.45, 7) is 2.54. The predicted molar refractivity (Wildman–Crippen MR) is 49.9 cm³/mol. The molecule has 3 N–H and O–H groups in total. The number of hydrogen-bond donors (Lipinski definition) is 2. The molecule has 1 rings (SSSR count). The highest BCUT2D eigenvalue weighted by Gasteiger charge is 2.21. The number of aliphatic hydroxyl groups excluding tert-OH is 1. The summed E-state index contributed by atoms with van der Waals surface area (Å²) >= 11 is 0. The molecule has 0 amide bonds. The van der Waals surface area contributed by atoms with Gasteiger partial charge in [0.2, 0.25) is 0 Å². The minimum absolute atomic E-state index is 0.212. The molecule has 0 aromatic rings. The molecule has 3 heteroatoms. The highest BCUT2D eigenvalue weighted by atomic mass is 16.3. The first-order valence-corrected chi connectivity index (χ1v) is 4.79. The van der Waals surface area contributed by atoms with E-state index < -0.39 is 0 Å². The third-order valence-electron chi connectivity index (χ3n) is 2.83. The van der Waals surface area contributed by atoms with Gasteiger partial charge in [0.05, 0.1) is 0 Å². The van der Waals surface area contributed by atoms with E-state index in [1.54, 1.807) is 0 Å². The van der Waals surface area contributed by atoms with Crippen LogP contribution in [0.1, 0.15) is 19.3 Å². The van der Waals surface area contributed by atoms with E-state index in [9.17, 15) is 0 Å². The summed E-state index contributed by atoms with van der Waals surface area (Å²) in [5, 5.41) is 8.73. The molecule has 12 heavy (non-hydrogen) atoms. The van der Waals surface area contributed by atoms with Crippen LogP contribution in [0.5, 0.6) is 0 Å². The average Bonchev–Trinajstić information content (AvgIpc) is 2.06. The lowest BCUT2D eigenvalue weighted by atomic mass is 9.88. The van der Waals surface area contributed by atoms with Crippen LogP contribution in [0.4, 0.5) is 0 Å². The van der Waals surface area contributed by atoms with Crippen molar-refractivity contribution < 1.29 is 5.11 Å². The second kappa shape index (κ2) is 4.80. The lowest BCUT2D eigenvalue weighted by Gasteiger charge is -2.32. The van der Waals surface area contributed by atoms with Crippen LogP contribution in [0.3, 0.4) is 0 Å². The number of nitrogens with two attached hydrogens (primary N) is 1. The molecule has 0 aromatic heterocycles. The van der Waals surface area contributed by atoms with Crippen LogP contribution < -0.4 is 5.73 Å². The fraction of sp³-hybridized carbons (Fsp3) is 1.00. The number of nitrogens with zero attached hydrogens (tertiary/aromatic N) is 1. The Balaban J connectivity index is 2.24. The molecule has 1 fully saturated rings. The number of likely N-dealkylation sites (tertiary alicyclic amines) is 1. The van der Waals surface area contributed by atoms with Crippen molar-refractivity contribution in [2.45, 2.75) is 25.3 Å². The third-order valence-corrected chi connectivity index (χ3v) is 2.83. The minimum Gasteiger partial charge on any atom is -0.396 e. The van der Waals surface area contributed by atoms with Crippen molar-refractivity contribution in [1.29, 1.82) is 0 Å².